The van der Waals surface area contributed by atoms with E-state index in [0.29, 0.717) is 12.5 Å². The Balaban J connectivity index is 2.33. The van der Waals surface area contributed by atoms with Crippen LogP contribution in [-0.2, 0) is 0 Å². The summed E-state index contributed by atoms with van der Waals surface area (Å²) in [5.74, 6) is 0.632. The van der Waals surface area contributed by atoms with Crippen molar-refractivity contribution in [2.45, 2.75) is 25.7 Å². The van der Waals surface area contributed by atoms with Crippen LogP contribution < -0.4 is 0 Å². The van der Waals surface area contributed by atoms with Crippen molar-refractivity contribution in [3.8, 4) is 0 Å². The van der Waals surface area contributed by atoms with Crippen molar-refractivity contribution >= 4 is 0 Å². The maximum absolute atomic E-state index is 8.64. The van der Waals surface area contributed by atoms with Gasteiger partial charge in [0.15, 0.2) is 0 Å². The zero-order chi connectivity index (χ0) is 8.10. The molecule has 0 saturated heterocycles. The first-order valence-corrected chi connectivity index (χ1v) is 4.31. The maximum Gasteiger partial charge on any atom is 0.0431 e. The molecule has 62 valence electrons. The van der Waals surface area contributed by atoms with E-state index in [2.05, 4.69) is 18.7 Å². The molecular formula is C10H16O. The second-order valence-corrected chi connectivity index (χ2v) is 3.12. The molecule has 1 aliphatic rings. The maximum atomic E-state index is 8.64. The number of hydrogen-bond donors (Lipinski definition) is 1. The fourth-order valence-corrected chi connectivity index (χ4v) is 1.52. The number of aliphatic hydroxyl groups excluding tert-OH is 1. The quantitative estimate of drug-likeness (QED) is 0.657. The average molecular weight is 152 g/mol. The van der Waals surface area contributed by atoms with E-state index in [4.69, 9.17) is 5.11 Å². The monoisotopic (exact) mass is 152 g/mol. The molecule has 1 unspecified atom stereocenters. The van der Waals surface area contributed by atoms with Crippen LogP contribution in [0.4, 0.5) is 0 Å². The molecule has 0 aromatic heterocycles. The van der Waals surface area contributed by atoms with Crippen LogP contribution in [0.3, 0.4) is 0 Å². The highest BCUT2D eigenvalue weighted by Gasteiger charge is 2.12. The molecule has 1 N–H and O–H groups in total. The van der Waals surface area contributed by atoms with Crippen molar-refractivity contribution in [1.82, 2.24) is 0 Å². The van der Waals surface area contributed by atoms with E-state index in [-0.39, 0.29) is 0 Å². The number of hydrogen-bond acceptors (Lipinski definition) is 1. The first-order valence-electron chi connectivity index (χ1n) is 4.31. The Labute approximate surface area is 68.4 Å². The number of aliphatic hydroxyl groups is 1. The molecule has 0 heterocycles. The fraction of sp³-hybridized carbons (Fsp3) is 0.600. The molecule has 0 radical (unpaired) electrons. The van der Waals surface area contributed by atoms with E-state index in [1.54, 1.807) is 0 Å². The summed E-state index contributed by atoms with van der Waals surface area (Å²) in [6, 6.07) is 0. The normalized spacial score (nSPS) is 24.1. The molecular weight excluding hydrogens is 136 g/mol. The SMILES string of the molecule is C=C1C=CCCC1CCCO. The van der Waals surface area contributed by atoms with Crippen LogP contribution in [0.15, 0.2) is 24.3 Å². The molecule has 0 bridgehead atoms. The van der Waals surface area contributed by atoms with E-state index in [1.807, 2.05) is 0 Å². The van der Waals surface area contributed by atoms with Crippen molar-refractivity contribution in [1.29, 1.82) is 0 Å². The minimum absolute atomic E-state index is 0.313. The molecule has 0 fully saturated rings. The molecule has 1 aliphatic carbocycles. The van der Waals surface area contributed by atoms with E-state index in [9.17, 15) is 0 Å². The summed E-state index contributed by atoms with van der Waals surface area (Å²) in [4.78, 5) is 0. The van der Waals surface area contributed by atoms with E-state index < -0.39 is 0 Å². The van der Waals surface area contributed by atoms with Crippen LogP contribution in [0.1, 0.15) is 25.7 Å². The lowest BCUT2D eigenvalue weighted by Crippen LogP contribution is -2.06. The van der Waals surface area contributed by atoms with Crippen molar-refractivity contribution in [2.24, 2.45) is 5.92 Å². The predicted molar refractivity (Wildman–Crippen MR) is 47.3 cm³/mol. The largest absolute Gasteiger partial charge is 0.396 e. The van der Waals surface area contributed by atoms with Crippen molar-refractivity contribution < 1.29 is 5.11 Å². The van der Waals surface area contributed by atoms with Gasteiger partial charge in [-0.05, 0) is 31.6 Å². The van der Waals surface area contributed by atoms with Gasteiger partial charge in [0.2, 0.25) is 0 Å². The van der Waals surface area contributed by atoms with Crippen LogP contribution in [0.2, 0.25) is 0 Å². The van der Waals surface area contributed by atoms with Gasteiger partial charge in [-0.2, -0.15) is 0 Å². The lowest BCUT2D eigenvalue weighted by molar-refractivity contribution is 0.274. The van der Waals surface area contributed by atoms with Gasteiger partial charge in [0.25, 0.3) is 0 Å². The third kappa shape index (κ3) is 2.51. The van der Waals surface area contributed by atoms with Crippen LogP contribution in [0.5, 0.6) is 0 Å². The summed E-state index contributed by atoms with van der Waals surface area (Å²) in [5, 5.41) is 8.64. The smallest absolute Gasteiger partial charge is 0.0431 e. The molecule has 0 amide bonds. The summed E-state index contributed by atoms with van der Waals surface area (Å²) in [5.41, 5.74) is 1.24. The van der Waals surface area contributed by atoms with E-state index >= 15 is 0 Å². The van der Waals surface area contributed by atoms with Gasteiger partial charge in [-0.25, -0.2) is 0 Å². The minimum Gasteiger partial charge on any atom is -0.396 e. The van der Waals surface area contributed by atoms with Gasteiger partial charge in [0, 0.05) is 6.61 Å². The van der Waals surface area contributed by atoms with Crippen LogP contribution in [0.25, 0.3) is 0 Å². The molecule has 1 rings (SSSR count). The topological polar surface area (TPSA) is 20.2 Å². The molecule has 0 aromatic carbocycles. The number of rotatable bonds is 3. The zero-order valence-electron chi connectivity index (χ0n) is 6.92. The Morgan fingerprint density at radius 3 is 3.09 bits per heavy atom. The van der Waals surface area contributed by atoms with Crippen LogP contribution in [-0.4, -0.2) is 11.7 Å². The Kier molecular flexibility index (Phi) is 3.37. The molecule has 1 heteroatoms. The first-order chi connectivity index (χ1) is 5.34. The summed E-state index contributed by atoms with van der Waals surface area (Å²) >= 11 is 0. The van der Waals surface area contributed by atoms with Gasteiger partial charge in [-0.3, -0.25) is 0 Å². The van der Waals surface area contributed by atoms with Crippen LogP contribution in [0, 0.1) is 5.92 Å². The predicted octanol–water partition coefficient (Wildman–Crippen LogP) is 2.28. The molecule has 0 saturated carbocycles. The summed E-state index contributed by atoms with van der Waals surface area (Å²) in [6.45, 7) is 4.29. The summed E-state index contributed by atoms with van der Waals surface area (Å²) < 4.78 is 0. The van der Waals surface area contributed by atoms with Crippen LogP contribution >= 0.6 is 0 Å². The van der Waals surface area contributed by atoms with Gasteiger partial charge in [-0.1, -0.05) is 24.3 Å². The first kappa shape index (κ1) is 8.54. The lowest BCUT2D eigenvalue weighted by Gasteiger charge is -2.19. The second kappa shape index (κ2) is 4.35. The minimum atomic E-state index is 0.313. The Hall–Kier alpha value is -0.560. The zero-order valence-corrected chi connectivity index (χ0v) is 6.92. The highest BCUT2D eigenvalue weighted by molar-refractivity contribution is 5.20. The van der Waals surface area contributed by atoms with Gasteiger partial charge < -0.3 is 5.11 Å². The standard InChI is InChI=1S/C10H16O/c1-9-5-2-3-6-10(9)7-4-8-11/h2,5,10-11H,1,3-4,6-8H2. The molecule has 11 heavy (non-hydrogen) atoms. The average Bonchev–Trinajstić information content (AvgIpc) is 2.03. The van der Waals surface area contributed by atoms with Crippen molar-refractivity contribution in [3.05, 3.63) is 24.3 Å². The van der Waals surface area contributed by atoms with Gasteiger partial charge in [0.1, 0.15) is 0 Å². The molecule has 0 aromatic rings. The van der Waals surface area contributed by atoms with Gasteiger partial charge in [0.05, 0.1) is 0 Å². The van der Waals surface area contributed by atoms with Gasteiger partial charge in [-0.15, -0.1) is 0 Å². The lowest BCUT2D eigenvalue weighted by atomic mass is 9.87. The van der Waals surface area contributed by atoms with Crippen molar-refractivity contribution in [3.63, 3.8) is 0 Å². The van der Waals surface area contributed by atoms with Gasteiger partial charge >= 0.3 is 0 Å². The molecule has 0 spiro atoms. The second-order valence-electron chi connectivity index (χ2n) is 3.12. The Morgan fingerprint density at radius 2 is 2.45 bits per heavy atom. The molecule has 1 nitrogen and oxygen atoms in total. The van der Waals surface area contributed by atoms with E-state index in [0.717, 1.165) is 12.8 Å². The Morgan fingerprint density at radius 1 is 1.64 bits per heavy atom. The third-order valence-corrected chi connectivity index (χ3v) is 2.25. The highest BCUT2D eigenvalue weighted by Crippen LogP contribution is 2.26. The molecule has 1 atom stereocenters. The highest BCUT2D eigenvalue weighted by atomic mass is 16.2. The Bertz CT molecular complexity index is 158. The summed E-state index contributed by atoms with van der Waals surface area (Å²) in [7, 11) is 0. The number of allylic oxidation sites excluding steroid dienone is 3. The molecule has 0 aliphatic heterocycles. The third-order valence-electron chi connectivity index (χ3n) is 2.25. The fourth-order valence-electron chi connectivity index (χ4n) is 1.52. The van der Waals surface area contributed by atoms with Crippen molar-refractivity contribution in [2.75, 3.05) is 6.61 Å². The summed E-state index contributed by atoms with van der Waals surface area (Å²) in [6.07, 6.45) is 8.70. The van der Waals surface area contributed by atoms with E-state index in [1.165, 1.54) is 18.4 Å².